The second-order valence-corrected chi connectivity index (χ2v) is 33.1. The van der Waals surface area contributed by atoms with E-state index in [-0.39, 0.29) is 0 Å². The third-order valence-corrected chi connectivity index (χ3v) is 23.6. The van der Waals surface area contributed by atoms with Crippen LogP contribution in [0, 0.1) is 76.2 Å². The predicted molar refractivity (Wildman–Crippen MR) is 512 cm³/mol. The smallest absolute Gasteiger partial charge is 0.0125 e. The van der Waals surface area contributed by atoms with Gasteiger partial charge in [0, 0.05) is 0 Å². The highest BCUT2D eigenvalue weighted by Gasteiger charge is 2.13. The van der Waals surface area contributed by atoms with Crippen molar-refractivity contribution in [2.24, 2.45) is 0 Å². The molecule has 15 aromatic carbocycles. The third kappa shape index (κ3) is 22.1. The SMILES string of the molecule is Cc1ccc(-c2cc(C)cc(-c3ccc(P)c(C)c3)c2)cc1.Cc1ccc(-c2ccc(CP)c(CP)c2)cc1-c1ccc(P)cc1.Cc1ccc(-c2cccc(-c3ccc(P)c(C)c3)c2)cc1.Cc1ccc(-c2cccc(-c3ccc(P)cc3C)c2)c(C)c1.Cc1ccc(-c2cccc(-c3ccc(P)cc3C)c2)cc1. The largest absolute Gasteiger partial charge is 0.133 e. The molecule has 0 saturated heterocycles. The summed E-state index contributed by atoms with van der Waals surface area (Å²) in [6.45, 7) is 23.7. The maximum absolute atomic E-state index is 2.85. The first-order valence-corrected chi connectivity index (χ1v) is 42.1. The first-order chi connectivity index (χ1) is 52.9. The third-order valence-electron chi connectivity index (χ3n) is 20.3. The van der Waals surface area contributed by atoms with Crippen molar-refractivity contribution in [3.05, 3.63) is 388 Å². The van der Waals surface area contributed by atoms with E-state index >= 15 is 0 Å². The van der Waals surface area contributed by atoms with Crippen LogP contribution in [0.15, 0.2) is 315 Å². The van der Waals surface area contributed by atoms with Gasteiger partial charge in [-0.1, -0.05) is 307 Å². The lowest BCUT2D eigenvalue weighted by Crippen LogP contribution is -1.96. The second-order valence-electron chi connectivity index (χ2n) is 29.1. The number of hydrogen-bond donors (Lipinski definition) is 0. The molecule has 15 aromatic rings. The summed E-state index contributed by atoms with van der Waals surface area (Å²) in [6.07, 6.45) is 2.00. The standard InChI is InChI=1S/C21H23P3.2C21H21P.2C20H19P/c1-14-2-3-17(11-21(14)15-6-8-20(24)9-7-15)16-4-5-18(12-22)19(10-16)13-23;1-14-4-6-17(7-5-14)19-10-15(2)11-20(13-19)18-8-9-21(22)16(3)12-18;1-14-7-9-20(15(2)11-14)17-5-4-6-18(13-17)21-10-8-19(22)12-16(21)3;1-14-6-8-16(9-7-14)17-4-3-5-18(13-17)20-11-10-19(21)12-15(20)2;1-14-6-8-16(9-7-14)17-4-3-5-18(13-17)19-10-11-20(21)15(2)12-19/h2-11H,12-13,22-24H2,1H3;2*4-13H,22H2,1-3H3;2*3-13H,21H2,1-2H3. The van der Waals surface area contributed by atoms with Gasteiger partial charge in [-0.05, 0) is 307 Å². The Kier molecular flexibility index (Phi) is 29.2. The van der Waals surface area contributed by atoms with Gasteiger partial charge in [-0.25, -0.2) is 0 Å². The van der Waals surface area contributed by atoms with E-state index in [2.05, 4.69) is 456 Å². The van der Waals surface area contributed by atoms with Crippen molar-refractivity contribution in [1.29, 1.82) is 0 Å². The van der Waals surface area contributed by atoms with Gasteiger partial charge < -0.3 is 0 Å². The summed E-state index contributed by atoms with van der Waals surface area (Å²) in [5.41, 5.74) is 42.8. The van der Waals surface area contributed by atoms with Gasteiger partial charge in [-0.15, -0.1) is 64.7 Å². The Morgan fingerprint density at radius 2 is 0.491 bits per heavy atom. The van der Waals surface area contributed by atoms with E-state index in [0.717, 1.165) is 12.3 Å². The molecule has 7 unspecified atom stereocenters. The molecule has 0 radical (unpaired) electrons. The molecule has 0 nitrogen and oxygen atoms in total. The van der Waals surface area contributed by atoms with Crippen molar-refractivity contribution in [2.75, 3.05) is 0 Å². The lowest BCUT2D eigenvalue weighted by atomic mass is 9.94. The summed E-state index contributed by atoms with van der Waals surface area (Å²) in [4.78, 5) is 0. The first kappa shape index (κ1) is 82.3. The first-order valence-electron chi connectivity index (χ1n) is 37.6. The summed E-state index contributed by atoms with van der Waals surface area (Å²) in [5.74, 6) is 0. The monoisotopic (exact) mass is 1560 g/mol. The van der Waals surface area contributed by atoms with E-state index in [9.17, 15) is 0 Å². The zero-order chi connectivity index (χ0) is 78.1. The normalized spacial score (nSPS) is 10.7. The van der Waals surface area contributed by atoms with Gasteiger partial charge in [0.05, 0.1) is 0 Å². The predicted octanol–water partition coefficient (Wildman–Crippen LogP) is 26.7. The number of rotatable bonds is 12. The molecule has 550 valence electrons. The summed E-state index contributed by atoms with van der Waals surface area (Å²) in [7, 11) is 19.5. The molecule has 0 fully saturated rings. The molecule has 0 spiro atoms. The van der Waals surface area contributed by atoms with E-state index in [4.69, 9.17) is 0 Å². The quantitative estimate of drug-likeness (QED) is 0.107. The van der Waals surface area contributed by atoms with Crippen molar-refractivity contribution in [2.45, 2.75) is 88.5 Å². The van der Waals surface area contributed by atoms with E-state index in [1.54, 1.807) is 0 Å². The molecule has 7 atom stereocenters. The Morgan fingerprint density at radius 1 is 0.173 bits per heavy atom. The minimum atomic E-state index is 0.992. The van der Waals surface area contributed by atoms with Crippen molar-refractivity contribution >= 4 is 91.2 Å². The van der Waals surface area contributed by atoms with Crippen molar-refractivity contribution < 1.29 is 0 Å². The summed E-state index contributed by atoms with van der Waals surface area (Å²) in [6, 6.07) is 115. The highest BCUT2D eigenvalue weighted by Crippen LogP contribution is 2.36. The molecular formula is C103H103P7. The van der Waals surface area contributed by atoms with Gasteiger partial charge in [0.2, 0.25) is 0 Å². The number of hydrogen-bond acceptors (Lipinski definition) is 0. The lowest BCUT2D eigenvalue weighted by Gasteiger charge is -2.12. The molecule has 0 saturated carbocycles. The number of benzene rings is 15. The van der Waals surface area contributed by atoms with Gasteiger partial charge in [0.25, 0.3) is 0 Å². The van der Waals surface area contributed by atoms with Crippen LogP contribution in [-0.2, 0) is 12.3 Å². The van der Waals surface area contributed by atoms with Gasteiger partial charge in [-0.3, -0.25) is 0 Å². The molecule has 15 rings (SSSR count). The average molecular weight is 1560 g/mol. The molecule has 0 heterocycles. The van der Waals surface area contributed by atoms with Crippen LogP contribution in [-0.4, -0.2) is 0 Å². The summed E-state index contributed by atoms with van der Waals surface area (Å²) < 4.78 is 0. The summed E-state index contributed by atoms with van der Waals surface area (Å²) >= 11 is 0. The van der Waals surface area contributed by atoms with Crippen LogP contribution in [0.1, 0.15) is 72.3 Å². The molecule has 7 heteroatoms. The van der Waals surface area contributed by atoms with E-state index in [1.165, 1.54) is 210 Å². The molecule has 0 amide bonds. The zero-order valence-electron chi connectivity index (χ0n) is 65.5. The fraction of sp³-hybridized carbons (Fsp3) is 0.126. The molecule has 0 aliphatic heterocycles. The van der Waals surface area contributed by atoms with Crippen molar-refractivity contribution in [3.8, 4) is 111 Å². The Morgan fingerprint density at radius 3 is 0.945 bits per heavy atom. The molecule has 110 heavy (non-hydrogen) atoms. The van der Waals surface area contributed by atoms with E-state index < -0.39 is 0 Å². The minimum Gasteiger partial charge on any atom is -0.133 e. The Balaban J connectivity index is 0.000000136. The van der Waals surface area contributed by atoms with Crippen molar-refractivity contribution in [1.82, 2.24) is 0 Å². The average Bonchev–Trinajstić information content (AvgIpc) is 0.817. The molecule has 0 aromatic heterocycles. The molecule has 0 aliphatic carbocycles. The maximum Gasteiger partial charge on any atom is -0.0125 e. The fourth-order valence-electron chi connectivity index (χ4n) is 13.8. The van der Waals surface area contributed by atoms with Crippen LogP contribution in [0.5, 0.6) is 0 Å². The van der Waals surface area contributed by atoms with Crippen LogP contribution in [0.3, 0.4) is 0 Å². The van der Waals surface area contributed by atoms with Crippen LogP contribution < -0.4 is 26.5 Å². The van der Waals surface area contributed by atoms with E-state index in [1.807, 2.05) is 0 Å². The van der Waals surface area contributed by atoms with Crippen molar-refractivity contribution in [3.63, 3.8) is 0 Å². The Hall–Kier alpha value is -8.69. The highest BCUT2D eigenvalue weighted by molar-refractivity contribution is 7.28. The molecule has 0 aliphatic rings. The van der Waals surface area contributed by atoms with Gasteiger partial charge >= 0.3 is 0 Å². The molecule has 0 bridgehead atoms. The van der Waals surface area contributed by atoms with Crippen LogP contribution >= 0.6 is 64.7 Å². The summed E-state index contributed by atoms with van der Waals surface area (Å²) in [5, 5.41) is 6.19. The number of aryl methyl sites for hydroxylation is 11. The van der Waals surface area contributed by atoms with Crippen LogP contribution in [0.2, 0.25) is 0 Å². The van der Waals surface area contributed by atoms with E-state index in [0.29, 0.717) is 0 Å². The van der Waals surface area contributed by atoms with Gasteiger partial charge in [0.1, 0.15) is 0 Å². The highest BCUT2D eigenvalue weighted by atomic mass is 31.0. The van der Waals surface area contributed by atoms with Gasteiger partial charge in [0.15, 0.2) is 0 Å². The Labute approximate surface area is 673 Å². The zero-order valence-corrected chi connectivity index (χ0v) is 73.6. The minimum absolute atomic E-state index is 0.992. The second kappa shape index (κ2) is 39.0. The Bertz CT molecular complexity index is 5610. The van der Waals surface area contributed by atoms with Gasteiger partial charge in [-0.2, -0.15) is 0 Å². The van der Waals surface area contributed by atoms with Crippen LogP contribution in [0.4, 0.5) is 0 Å². The molecule has 0 N–H and O–H groups in total. The topological polar surface area (TPSA) is 0 Å². The maximum atomic E-state index is 2.85. The van der Waals surface area contributed by atoms with Crippen LogP contribution in [0.25, 0.3) is 111 Å². The molecular weight excluding hydrogens is 1450 g/mol. The fourth-order valence-corrected chi connectivity index (χ4v) is 15.8. The lowest BCUT2D eigenvalue weighted by molar-refractivity contribution is 1.28.